The molecule has 0 amide bonds. The lowest BCUT2D eigenvalue weighted by Gasteiger charge is -1.92. The summed E-state index contributed by atoms with van der Waals surface area (Å²) in [6.07, 6.45) is 1.63. The third-order valence-electron chi connectivity index (χ3n) is 2.75. The molecule has 0 aliphatic rings. The van der Waals surface area contributed by atoms with Crippen molar-refractivity contribution in [1.29, 1.82) is 0 Å². The van der Waals surface area contributed by atoms with Crippen LogP contribution in [0.15, 0.2) is 53.5 Å². The minimum Gasteiger partial charge on any atom is -0.287 e. The maximum atomic E-state index is 12.3. The van der Waals surface area contributed by atoms with Gasteiger partial charge in [-0.05, 0) is 29.7 Å². The van der Waals surface area contributed by atoms with E-state index in [1.165, 1.54) is 0 Å². The average Bonchev–Trinajstić information content (AvgIpc) is 2.48. The smallest absolute Gasteiger partial charge is 0.212 e. The predicted octanol–water partition coefficient (Wildman–Crippen LogP) is 4.04. The molecule has 0 bridgehead atoms. The van der Waals surface area contributed by atoms with Crippen LogP contribution in [0, 0.1) is 0 Å². The average molecular weight is 258 g/mol. The Balaban J connectivity index is 0.00000120. The van der Waals surface area contributed by atoms with Crippen LogP contribution < -0.4 is 5.43 Å². The van der Waals surface area contributed by atoms with Crippen molar-refractivity contribution in [3.63, 3.8) is 0 Å². The van der Waals surface area contributed by atoms with E-state index in [0.29, 0.717) is 15.9 Å². The number of halogens is 1. The van der Waals surface area contributed by atoms with Crippen molar-refractivity contribution in [2.45, 2.75) is 7.43 Å². The van der Waals surface area contributed by atoms with E-state index in [1.807, 2.05) is 24.3 Å². The van der Waals surface area contributed by atoms with Crippen molar-refractivity contribution in [1.82, 2.24) is 4.98 Å². The predicted molar refractivity (Wildman–Crippen MR) is 77.3 cm³/mol. The highest BCUT2D eigenvalue weighted by atomic mass is 35.5. The molecule has 3 rings (SSSR count). The number of hydrogen-bond acceptors (Lipinski definition) is 2. The number of benzene rings is 1. The number of aromatic nitrogens is 1. The van der Waals surface area contributed by atoms with Gasteiger partial charge in [-0.1, -0.05) is 37.2 Å². The molecule has 0 saturated heterocycles. The van der Waals surface area contributed by atoms with Gasteiger partial charge >= 0.3 is 0 Å². The molecule has 90 valence electrons. The topological polar surface area (TPSA) is 30.0 Å². The number of rotatable bonds is 0. The Bertz CT molecular complexity index is 783. The van der Waals surface area contributed by atoms with Gasteiger partial charge in [0.15, 0.2) is 0 Å². The highest BCUT2D eigenvalue weighted by Crippen LogP contribution is 2.18. The molecule has 0 radical (unpaired) electrons. The molecule has 0 spiro atoms. The van der Waals surface area contributed by atoms with Gasteiger partial charge in [-0.25, -0.2) is 0 Å². The second-order valence-corrected chi connectivity index (χ2v) is 4.27. The zero-order valence-electron chi connectivity index (χ0n) is 8.85. The molecule has 0 fully saturated rings. The zero-order chi connectivity index (χ0) is 11.8. The molecular weight excluding hydrogens is 246 g/mol. The summed E-state index contributed by atoms with van der Waals surface area (Å²) >= 11 is 5.93. The van der Waals surface area contributed by atoms with Gasteiger partial charge in [0.05, 0.1) is 0 Å². The van der Waals surface area contributed by atoms with E-state index in [2.05, 4.69) is 4.98 Å². The molecule has 0 aliphatic carbocycles. The summed E-state index contributed by atoms with van der Waals surface area (Å²) in [4.78, 5) is 16.4. The van der Waals surface area contributed by atoms with E-state index in [4.69, 9.17) is 11.6 Å². The summed E-state index contributed by atoms with van der Waals surface area (Å²) < 4.78 is 0. The standard InChI is InChI=1S/C14H8ClNO.CH4/c15-11-5-6-12-10(8-11)4-3-9-2-1-7-16-13(9)14(12)17;/h1-8H;1H4. The Morgan fingerprint density at radius 3 is 2.61 bits per heavy atom. The van der Waals surface area contributed by atoms with E-state index in [1.54, 1.807) is 24.4 Å². The monoisotopic (exact) mass is 257 g/mol. The number of hydrogen-bond donors (Lipinski definition) is 0. The van der Waals surface area contributed by atoms with Crippen molar-refractivity contribution in [3.05, 3.63) is 63.9 Å². The SMILES string of the molecule is C.O=c1c2ccc(Cl)cc2ccc2cccnc12. The molecule has 0 aliphatic heterocycles. The van der Waals surface area contributed by atoms with E-state index < -0.39 is 0 Å². The lowest BCUT2D eigenvalue weighted by Crippen LogP contribution is -1.99. The fourth-order valence-corrected chi connectivity index (χ4v) is 2.11. The summed E-state index contributed by atoms with van der Waals surface area (Å²) in [6.45, 7) is 0. The Kier molecular flexibility index (Phi) is 3.30. The van der Waals surface area contributed by atoms with Crippen molar-refractivity contribution in [2.24, 2.45) is 0 Å². The zero-order valence-corrected chi connectivity index (χ0v) is 9.61. The van der Waals surface area contributed by atoms with Gasteiger partial charge in [0.25, 0.3) is 0 Å². The Morgan fingerprint density at radius 2 is 1.78 bits per heavy atom. The van der Waals surface area contributed by atoms with E-state index in [9.17, 15) is 4.79 Å². The van der Waals surface area contributed by atoms with Gasteiger partial charge in [0.2, 0.25) is 5.43 Å². The Hall–Kier alpha value is -1.93. The molecule has 0 saturated carbocycles. The van der Waals surface area contributed by atoms with Crippen LogP contribution in [0.25, 0.3) is 21.7 Å². The van der Waals surface area contributed by atoms with Crippen LogP contribution in [0.1, 0.15) is 7.43 Å². The van der Waals surface area contributed by atoms with Gasteiger partial charge in [-0.2, -0.15) is 0 Å². The van der Waals surface area contributed by atoms with Gasteiger partial charge in [-0.15, -0.1) is 0 Å². The molecule has 1 heterocycles. The fourth-order valence-electron chi connectivity index (χ4n) is 1.93. The van der Waals surface area contributed by atoms with Gasteiger partial charge < -0.3 is 0 Å². The van der Waals surface area contributed by atoms with Crippen molar-refractivity contribution in [3.8, 4) is 0 Å². The Morgan fingerprint density at radius 1 is 1.00 bits per heavy atom. The Labute approximate surface area is 110 Å². The molecule has 3 heteroatoms. The maximum Gasteiger partial charge on any atom is 0.212 e. The van der Waals surface area contributed by atoms with Crippen LogP contribution in [-0.4, -0.2) is 4.98 Å². The first-order chi connectivity index (χ1) is 8.25. The van der Waals surface area contributed by atoms with Crippen LogP contribution in [0.5, 0.6) is 0 Å². The quantitative estimate of drug-likeness (QED) is 0.608. The maximum absolute atomic E-state index is 12.3. The summed E-state index contributed by atoms with van der Waals surface area (Å²) in [5.41, 5.74) is 0.432. The van der Waals surface area contributed by atoms with Crippen LogP contribution in [0.2, 0.25) is 5.02 Å². The van der Waals surface area contributed by atoms with Crippen molar-refractivity contribution >= 4 is 33.3 Å². The lowest BCUT2D eigenvalue weighted by molar-refractivity contribution is 1.41. The normalized spacial score (nSPS) is 10.3. The summed E-state index contributed by atoms with van der Waals surface area (Å²) in [7, 11) is 0. The van der Waals surface area contributed by atoms with Crippen LogP contribution in [0.3, 0.4) is 0 Å². The molecule has 0 atom stereocenters. The fraction of sp³-hybridized carbons (Fsp3) is 0.0667. The number of nitrogens with zero attached hydrogens (tertiary/aromatic N) is 1. The molecule has 0 unspecified atom stereocenters. The molecule has 3 aromatic rings. The molecule has 18 heavy (non-hydrogen) atoms. The van der Waals surface area contributed by atoms with Gasteiger partial charge in [0, 0.05) is 22.0 Å². The molecule has 1 aromatic heterocycles. The van der Waals surface area contributed by atoms with Crippen molar-refractivity contribution < 1.29 is 0 Å². The summed E-state index contributed by atoms with van der Waals surface area (Å²) in [5.74, 6) is 0. The molecule has 0 N–H and O–H groups in total. The van der Waals surface area contributed by atoms with E-state index in [0.717, 1.165) is 10.8 Å². The minimum atomic E-state index is -0.0581. The first-order valence-electron chi connectivity index (χ1n) is 5.23. The van der Waals surface area contributed by atoms with Crippen LogP contribution in [-0.2, 0) is 0 Å². The molecule has 2 aromatic carbocycles. The third kappa shape index (κ3) is 1.95. The number of pyridine rings is 1. The first-order valence-corrected chi connectivity index (χ1v) is 5.61. The lowest BCUT2D eigenvalue weighted by atomic mass is 10.2. The van der Waals surface area contributed by atoms with Gasteiger partial charge in [-0.3, -0.25) is 9.78 Å². The largest absolute Gasteiger partial charge is 0.287 e. The highest BCUT2D eigenvalue weighted by Gasteiger charge is 2.02. The van der Waals surface area contributed by atoms with Crippen molar-refractivity contribution in [2.75, 3.05) is 0 Å². The second kappa shape index (κ2) is 4.75. The second-order valence-electron chi connectivity index (χ2n) is 3.84. The summed E-state index contributed by atoms with van der Waals surface area (Å²) in [6, 6.07) is 12.7. The first kappa shape index (κ1) is 12.5. The highest BCUT2D eigenvalue weighted by molar-refractivity contribution is 6.31. The third-order valence-corrected chi connectivity index (χ3v) is 2.99. The molecule has 2 nitrogen and oxygen atoms in total. The van der Waals surface area contributed by atoms with E-state index in [-0.39, 0.29) is 12.9 Å². The number of fused-ring (bicyclic) bond motifs is 2. The van der Waals surface area contributed by atoms with E-state index >= 15 is 0 Å². The van der Waals surface area contributed by atoms with Crippen LogP contribution >= 0.6 is 11.6 Å². The molecular formula is C15H12ClNO. The minimum absolute atomic E-state index is 0. The summed E-state index contributed by atoms with van der Waals surface area (Å²) in [5, 5.41) is 2.94. The van der Waals surface area contributed by atoms with Crippen LogP contribution in [0.4, 0.5) is 0 Å². The van der Waals surface area contributed by atoms with Gasteiger partial charge in [0.1, 0.15) is 5.52 Å².